The van der Waals surface area contributed by atoms with Gasteiger partial charge >= 0.3 is 12.1 Å². The van der Waals surface area contributed by atoms with Crippen LogP contribution in [-0.2, 0) is 10.9 Å². The summed E-state index contributed by atoms with van der Waals surface area (Å²) in [4.78, 5) is 12.6. The molecular formula is C29H33F3O4. The van der Waals surface area contributed by atoms with Gasteiger partial charge in [0.15, 0.2) is 0 Å². The number of rotatable bonds is 8. The zero-order chi connectivity index (χ0) is 25.5. The Bertz CT molecular complexity index is 1040. The average molecular weight is 503 g/mol. The predicted octanol–water partition coefficient (Wildman–Crippen LogP) is 7.52. The van der Waals surface area contributed by atoms with Gasteiger partial charge in [0.2, 0.25) is 6.29 Å². The van der Waals surface area contributed by atoms with Gasteiger partial charge in [-0.3, -0.25) is 0 Å². The van der Waals surface area contributed by atoms with Crippen molar-refractivity contribution < 1.29 is 32.2 Å². The summed E-state index contributed by atoms with van der Waals surface area (Å²) in [5.74, 6) is 1.21. The molecule has 0 N–H and O–H groups in total. The maximum Gasteiger partial charge on any atom is 0.419 e. The molecule has 36 heavy (non-hydrogen) atoms. The van der Waals surface area contributed by atoms with Crippen molar-refractivity contribution in [2.45, 2.75) is 64.8 Å². The third-order valence-corrected chi connectivity index (χ3v) is 7.98. The molecular weight excluding hydrogens is 469 g/mol. The quantitative estimate of drug-likeness (QED) is 0.213. The Morgan fingerprint density at radius 1 is 0.972 bits per heavy atom. The van der Waals surface area contributed by atoms with E-state index in [0.717, 1.165) is 55.2 Å². The first-order valence-corrected chi connectivity index (χ1v) is 12.9. The molecule has 1 unspecified atom stereocenters. The molecule has 1 atom stereocenters. The zero-order valence-corrected chi connectivity index (χ0v) is 20.7. The van der Waals surface area contributed by atoms with Crippen LogP contribution in [0.1, 0.15) is 68.3 Å². The van der Waals surface area contributed by atoms with Gasteiger partial charge in [-0.05, 0) is 92.0 Å². The van der Waals surface area contributed by atoms with Crippen LogP contribution in [0.2, 0.25) is 0 Å². The second-order valence-electron chi connectivity index (χ2n) is 11.4. The summed E-state index contributed by atoms with van der Waals surface area (Å²) < 4.78 is 58.9. The van der Waals surface area contributed by atoms with Crippen LogP contribution in [0.25, 0.3) is 0 Å². The standard InChI is InChI=1S/C29H33F3O4/c1-18(2)27(34-17-28-14-19-10-20(15-28)12-21(11-19)16-28)36-25-13-22(8-9-24(25)29(30,31)32)26(33)35-23-6-4-3-5-7-23/h3-9,13,18-21,27H,10-12,14-17H2,1-2H3. The maximum absolute atomic E-state index is 13.8. The number of halogens is 3. The number of para-hydroxylation sites is 1. The van der Waals surface area contributed by atoms with Crippen LogP contribution in [-0.4, -0.2) is 18.9 Å². The number of esters is 1. The molecule has 4 nitrogen and oxygen atoms in total. The molecule has 4 saturated carbocycles. The smallest absolute Gasteiger partial charge is 0.419 e. The molecule has 0 radical (unpaired) electrons. The largest absolute Gasteiger partial charge is 0.464 e. The number of ether oxygens (including phenoxy) is 3. The molecule has 6 rings (SSSR count). The Kier molecular flexibility index (Phi) is 6.79. The highest BCUT2D eigenvalue weighted by atomic mass is 19.4. The first-order valence-electron chi connectivity index (χ1n) is 12.9. The fraction of sp³-hybridized carbons (Fsp3) is 0.552. The molecule has 0 aromatic heterocycles. The highest BCUT2D eigenvalue weighted by molar-refractivity contribution is 5.91. The average Bonchev–Trinajstić information content (AvgIpc) is 2.80. The van der Waals surface area contributed by atoms with E-state index in [1.807, 2.05) is 13.8 Å². The van der Waals surface area contributed by atoms with Gasteiger partial charge in [-0.15, -0.1) is 0 Å². The van der Waals surface area contributed by atoms with Crippen molar-refractivity contribution in [3.05, 3.63) is 59.7 Å². The Morgan fingerprint density at radius 3 is 2.14 bits per heavy atom. The van der Waals surface area contributed by atoms with Crippen LogP contribution >= 0.6 is 0 Å². The Hall–Kier alpha value is -2.54. The summed E-state index contributed by atoms with van der Waals surface area (Å²) >= 11 is 0. The first kappa shape index (κ1) is 25.1. The van der Waals surface area contributed by atoms with Crippen molar-refractivity contribution in [1.82, 2.24) is 0 Å². The summed E-state index contributed by atoms with van der Waals surface area (Å²) in [5, 5.41) is 0. The Balaban J connectivity index is 1.34. The molecule has 4 bridgehead atoms. The lowest BCUT2D eigenvalue weighted by molar-refractivity contribution is -0.171. The van der Waals surface area contributed by atoms with Gasteiger partial charge in [0.25, 0.3) is 0 Å². The minimum absolute atomic E-state index is 0.0227. The minimum atomic E-state index is -4.64. The van der Waals surface area contributed by atoms with Crippen LogP contribution in [0.4, 0.5) is 13.2 Å². The highest BCUT2D eigenvalue weighted by Gasteiger charge is 2.51. The number of hydrogen-bond acceptors (Lipinski definition) is 4. The van der Waals surface area contributed by atoms with Crippen molar-refractivity contribution in [2.24, 2.45) is 29.1 Å². The van der Waals surface area contributed by atoms with Gasteiger partial charge < -0.3 is 14.2 Å². The summed E-state index contributed by atoms with van der Waals surface area (Å²) in [6.45, 7) is 4.23. The molecule has 0 heterocycles. The Morgan fingerprint density at radius 2 is 1.58 bits per heavy atom. The Labute approximate surface area is 210 Å². The SMILES string of the molecule is CC(C)C(OCC12CC3CC(CC(C3)C1)C2)Oc1cc(C(=O)Oc2ccccc2)ccc1C(F)(F)F. The molecule has 4 aliphatic carbocycles. The van der Waals surface area contributed by atoms with Gasteiger partial charge in [-0.25, -0.2) is 4.79 Å². The molecule has 4 fully saturated rings. The second kappa shape index (κ2) is 9.73. The monoisotopic (exact) mass is 502 g/mol. The lowest BCUT2D eigenvalue weighted by atomic mass is 9.50. The van der Waals surface area contributed by atoms with E-state index in [0.29, 0.717) is 12.4 Å². The van der Waals surface area contributed by atoms with E-state index in [1.165, 1.54) is 19.3 Å². The van der Waals surface area contributed by atoms with Crippen LogP contribution in [0.3, 0.4) is 0 Å². The molecule has 2 aromatic carbocycles. The molecule has 0 amide bonds. The third-order valence-electron chi connectivity index (χ3n) is 7.98. The fourth-order valence-corrected chi connectivity index (χ4v) is 6.85. The lowest BCUT2D eigenvalue weighted by Gasteiger charge is -2.56. The van der Waals surface area contributed by atoms with E-state index < -0.39 is 29.7 Å². The number of alkyl halides is 3. The van der Waals surface area contributed by atoms with E-state index in [2.05, 4.69) is 0 Å². The van der Waals surface area contributed by atoms with E-state index in [-0.39, 0.29) is 16.9 Å². The van der Waals surface area contributed by atoms with Crippen molar-refractivity contribution in [2.75, 3.05) is 6.61 Å². The molecule has 7 heteroatoms. The second-order valence-corrected chi connectivity index (χ2v) is 11.4. The highest BCUT2D eigenvalue weighted by Crippen LogP contribution is 2.60. The third kappa shape index (κ3) is 5.41. The number of carbonyl (C=O) groups excluding carboxylic acids is 1. The summed E-state index contributed by atoms with van der Waals surface area (Å²) in [6, 6.07) is 11.5. The van der Waals surface area contributed by atoms with Crippen LogP contribution < -0.4 is 9.47 Å². The van der Waals surface area contributed by atoms with Crippen LogP contribution in [0, 0.1) is 29.1 Å². The van der Waals surface area contributed by atoms with Crippen LogP contribution in [0.5, 0.6) is 11.5 Å². The number of hydrogen-bond donors (Lipinski definition) is 0. The van der Waals surface area contributed by atoms with E-state index in [4.69, 9.17) is 14.2 Å². The molecule has 2 aromatic rings. The van der Waals surface area contributed by atoms with Gasteiger partial charge in [-0.1, -0.05) is 32.0 Å². The predicted molar refractivity (Wildman–Crippen MR) is 129 cm³/mol. The lowest BCUT2D eigenvalue weighted by Crippen LogP contribution is -2.49. The van der Waals surface area contributed by atoms with Gasteiger partial charge in [-0.2, -0.15) is 13.2 Å². The topological polar surface area (TPSA) is 44.8 Å². The van der Waals surface area contributed by atoms with Gasteiger partial charge in [0.05, 0.1) is 17.7 Å². The van der Waals surface area contributed by atoms with Crippen molar-refractivity contribution >= 4 is 5.97 Å². The van der Waals surface area contributed by atoms with E-state index >= 15 is 0 Å². The van der Waals surface area contributed by atoms with Crippen molar-refractivity contribution in [3.8, 4) is 11.5 Å². The van der Waals surface area contributed by atoms with E-state index in [1.54, 1.807) is 30.3 Å². The molecule has 4 aliphatic rings. The molecule has 194 valence electrons. The van der Waals surface area contributed by atoms with Gasteiger partial charge in [0.1, 0.15) is 11.5 Å². The number of benzene rings is 2. The normalized spacial score (nSPS) is 27.8. The number of carbonyl (C=O) groups is 1. The summed E-state index contributed by atoms with van der Waals surface area (Å²) in [7, 11) is 0. The van der Waals surface area contributed by atoms with Gasteiger partial charge in [0, 0.05) is 5.92 Å². The summed E-state index contributed by atoms with van der Waals surface area (Å²) in [6.07, 6.45) is 1.84. The fourth-order valence-electron chi connectivity index (χ4n) is 6.85. The molecule has 0 spiro atoms. The minimum Gasteiger partial charge on any atom is -0.464 e. The maximum atomic E-state index is 13.8. The van der Waals surface area contributed by atoms with Crippen LogP contribution in [0.15, 0.2) is 48.5 Å². The molecule has 0 saturated heterocycles. The zero-order valence-electron chi connectivity index (χ0n) is 20.7. The van der Waals surface area contributed by atoms with Crippen molar-refractivity contribution in [1.29, 1.82) is 0 Å². The summed E-state index contributed by atoms with van der Waals surface area (Å²) in [5.41, 5.74) is -0.854. The molecule has 0 aliphatic heterocycles. The first-order chi connectivity index (χ1) is 17.1. The van der Waals surface area contributed by atoms with E-state index in [9.17, 15) is 18.0 Å². The van der Waals surface area contributed by atoms with Crippen molar-refractivity contribution in [3.63, 3.8) is 0 Å².